The number of alkyl halides is 3. The van der Waals surface area contributed by atoms with Crippen LogP contribution in [-0.4, -0.2) is 29.3 Å². The van der Waals surface area contributed by atoms with Crippen LogP contribution in [0.3, 0.4) is 0 Å². The number of piperidine rings is 1. The number of aliphatic hydroxyl groups is 1. The van der Waals surface area contributed by atoms with E-state index in [9.17, 15) is 18.3 Å². The number of anilines is 1. The molecule has 1 N–H and O–H groups in total. The van der Waals surface area contributed by atoms with Crippen LogP contribution in [0.2, 0.25) is 5.15 Å². The van der Waals surface area contributed by atoms with Gasteiger partial charge in [-0.3, -0.25) is 0 Å². The van der Waals surface area contributed by atoms with E-state index in [0.717, 1.165) is 18.6 Å². The first-order valence-corrected chi connectivity index (χ1v) is 5.92. The van der Waals surface area contributed by atoms with Crippen molar-refractivity contribution < 1.29 is 18.3 Å². The van der Waals surface area contributed by atoms with Gasteiger partial charge in [0.1, 0.15) is 11.0 Å². The summed E-state index contributed by atoms with van der Waals surface area (Å²) in [4.78, 5) is 5.51. The van der Waals surface area contributed by atoms with Crippen molar-refractivity contribution in [2.45, 2.75) is 25.1 Å². The predicted molar refractivity (Wildman–Crippen MR) is 61.7 cm³/mol. The second kappa shape index (κ2) is 4.93. The van der Waals surface area contributed by atoms with Crippen molar-refractivity contribution in [1.82, 2.24) is 4.98 Å². The summed E-state index contributed by atoms with van der Waals surface area (Å²) in [6, 6.07) is 1.76. The molecule has 0 radical (unpaired) electrons. The van der Waals surface area contributed by atoms with E-state index in [4.69, 9.17) is 11.6 Å². The lowest BCUT2D eigenvalue weighted by Crippen LogP contribution is -2.38. The summed E-state index contributed by atoms with van der Waals surface area (Å²) in [6.45, 7) is 0.854. The first-order valence-electron chi connectivity index (χ1n) is 5.54. The molecule has 7 heteroatoms. The fourth-order valence-corrected chi connectivity index (χ4v) is 2.18. The molecule has 1 aliphatic heterocycles. The van der Waals surface area contributed by atoms with E-state index in [0.29, 0.717) is 13.0 Å². The Labute approximate surface area is 107 Å². The van der Waals surface area contributed by atoms with Gasteiger partial charge < -0.3 is 10.0 Å². The largest absolute Gasteiger partial charge is 0.416 e. The third kappa shape index (κ3) is 3.05. The van der Waals surface area contributed by atoms with Gasteiger partial charge in [0, 0.05) is 13.1 Å². The first kappa shape index (κ1) is 13.4. The van der Waals surface area contributed by atoms with Crippen molar-refractivity contribution >= 4 is 17.4 Å². The van der Waals surface area contributed by atoms with Crippen molar-refractivity contribution in [2.75, 3.05) is 18.0 Å². The third-order valence-electron chi connectivity index (χ3n) is 2.83. The van der Waals surface area contributed by atoms with Gasteiger partial charge in [0.05, 0.1) is 11.7 Å². The number of aliphatic hydroxyl groups excluding tert-OH is 1. The molecule has 0 aliphatic carbocycles. The minimum Gasteiger partial charge on any atom is -0.391 e. The van der Waals surface area contributed by atoms with E-state index in [1.54, 1.807) is 4.90 Å². The van der Waals surface area contributed by atoms with Crippen molar-refractivity contribution in [3.63, 3.8) is 0 Å². The molecule has 100 valence electrons. The van der Waals surface area contributed by atoms with Crippen LogP contribution in [0.15, 0.2) is 12.1 Å². The molecule has 0 bridgehead atoms. The maximum atomic E-state index is 12.6. The summed E-state index contributed by atoms with van der Waals surface area (Å²) >= 11 is 5.61. The van der Waals surface area contributed by atoms with Crippen LogP contribution >= 0.6 is 11.6 Å². The molecule has 2 rings (SSSR count). The van der Waals surface area contributed by atoms with Crippen molar-refractivity contribution in [3.05, 3.63) is 22.8 Å². The topological polar surface area (TPSA) is 36.4 Å². The normalized spacial score (nSPS) is 21.2. The maximum absolute atomic E-state index is 12.6. The highest BCUT2D eigenvalue weighted by atomic mass is 35.5. The number of hydrogen-bond acceptors (Lipinski definition) is 3. The van der Waals surface area contributed by atoms with Gasteiger partial charge in [-0.05, 0) is 25.0 Å². The van der Waals surface area contributed by atoms with Crippen LogP contribution in [-0.2, 0) is 6.18 Å². The zero-order chi connectivity index (χ0) is 13.3. The van der Waals surface area contributed by atoms with Gasteiger partial charge >= 0.3 is 6.18 Å². The molecule has 1 aromatic rings. The highest BCUT2D eigenvalue weighted by Crippen LogP contribution is 2.33. The number of β-amino-alcohol motifs (C(OH)–C–C–N with tert-alkyl or cyclic N) is 1. The van der Waals surface area contributed by atoms with Gasteiger partial charge in [-0.2, -0.15) is 13.2 Å². The highest BCUT2D eigenvalue weighted by molar-refractivity contribution is 6.29. The Morgan fingerprint density at radius 1 is 1.39 bits per heavy atom. The molecule has 1 fully saturated rings. The smallest absolute Gasteiger partial charge is 0.391 e. The summed E-state index contributed by atoms with van der Waals surface area (Å²) in [5.74, 6) is 0.161. The van der Waals surface area contributed by atoms with E-state index in [2.05, 4.69) is 4.98 Å². The molecule has 1 aliphatic rings. The Bertz CT molecular complexity index is 439. The summed E-state index contributed by atoms with van der Waals surface area (Å²) in [5, 5.41) is 9.32. The molecule has 1 aromatic heterocycles. The van der Waals surface area contributed by atoms with Crippen molar-refractivity contribution in [1.29, 1.82) is 0 Å². The minimum absolute atomic E-state index is 0.161. The summed E-state index contributed by atoms with van der Waals surface area (Å²) in [5.41, 5.74) is -0.822. The zero-order valence-electron chi connectivity index (χ0n) is 9.41. The average Bonchev–Trinajstić information content (AvgIpc) is 2.27. The van der Waals surface area contributed by atoms with E-state index < -0.39 is 17.8 Å². The monoisotopic (exact) mass is 280 g/mol. The lowest BCUT2D eigenvalue weighted by Gasteiger charge is -2.31. The van der Waals surface area contributed by atoms with E-state index >= 15 is 0 Å². The summed E-state index contributed by atoms with van der Waals surface area (Å²) in [7, 11) is 0. The van der Waals surface area contributed by atoms with Gasteiger partial charge in [0.15, 0.2) is 0 Å². The Balaban J connectivity index is 2.30. The van der Waals surface area contributed by atoms with E-state index in [1.165, 1.54) is 0 Å². The number of halogens is 4. The molecule has 3 nitrogen and oxygen atoms in total. The lowest BCUT2D eigenvalue weighted by atomic mass is 10.1. The number of aromatic nitrogens is 1. The number of nitrogens with zero attached hydrogens (tertiary/aromatic N) is 2. The van der Waals surface area contributed by atoms with Crippen LogP contribution in [0.1, 0.15) is 18.4 Å². The van der Waals surface area contributed by atoms with Gasteiger partial charge in [0.25, 0.3) is 0 Å². The van der Waals surface area contributed by atoms with Crippen LogP contribution < -0.4 is 4.90 Å². The Hall–Kier alpha value is -1.01. The SMILES string of the molecule is OC1CCCN(c2cc(C(F)(F)F)cc(Cl)n2)C1. The number of rotatable bonds is 1. The van der Waals surface area contributed by atoms with Crippen molar-refractivity contribution in [2.24, 2.45) is 0 Å². The average molecular weight is 281 g/mol. The standard InChI is InChI=1S/C11H12ClF3N2O/c12-9-4-7(11(13,14)15)5-10(16-9)17-3-1-2-8(18)6-17/h4-5,8,18H,1-3,6H2. The molecular weight excluding hydrogens is 269 g/mol. The molecule has 1 unspecified atom stereocenters. The van der Waals surface area contributed by atoms with Crippen LogP contribution in [0.5, 0.6) is 0 Å². The molecule has 1 saturated heterocycles. The number of hydrogen-bond donors (Lipinski definition) is 1. The van der Waals surface area contributed by atoms with Gasteiger partial charge in [-0.15, -0.1) is 0 Å². The quantitative estimate of drug-likeness (QED) is 0.804. The minimum atomic E-state index is -4.45. The molecule has 0 aromatic carbocycles. The molecule has 0 saturated carbocycles. The third-order valence-corrected chi connectivity index (χ3v) is 3.02. The molecule has 1 atom stereocenters. The van der Waals surface area contributed by atoms with Gasteiger partial charge in [0.2, 0.25) is 0 Å². The van der Waals surface area contributed by atoms with E-state index in [1.807, 2.05) is 0 Å². The molecule has 0 amide bonds. The van der Waals surface area contributed by atoms with Crippen LogP contribution in [0.25, 0.3) is 0 Å². The molecule has 2 heterocycles. The molecule has 0 spiro atoms. The zero-order valence-corrected chi connectivity index (χ0v) is 10.2. The van der Waals surface area contributed by atoms with Crippen LogP contribution in [0.4, 0.5) is 19.0 Å². The Kier molecular flexibility index (Phi) is 3.68. The molecule has 18 heavy (non-hydrogen) atoms. The number of pyridine rings is 1. The fraction of sp³-hybridized carbons (Fsp3) is 0.545. The van der Waals surface area contributed by atoms with Crippen LogP contribution in [0, 0.1) is 0 Å². The second-order valence-corrected chi connectivity index (χ2v) is 4.66. The van der Waals surface area contributed by atoms with E-state index in [-0.39, 0.29) is 17.5 Å². The Morgan fingerprint density at radius 2 is 2.11 bits per heavy atom. The predicted octanol–water partition coefficient (Wildman–Crippen LogP) is 2.71. The van der Waals surface area contributed by atoms with Gasteiger partial charge in [-0.1, -0.05) is 11.6 Å². The first-order chi connectivity index (χ1) is 8.36. The molecular formula is C11H12ClF3N2O. The highest BCUT2D eigenvalue weighted by Gasteiger charge is 2.32. The summed E-state index contributed by atoms with van der Waals surface area (Å²) < 4.78 is 37.9. The Morgan fingerprint density at radius 3 is 2.72 bits per heavy atom. The van der Waals surface area contributed by atoms with Crippen molar-refractivity contribution in [3.8, 4) is 0 Å². The summed E-state index contributed by atoms with van der Waals surface area (Å²) in [6.07, 6.45) is -3.61. The second-order valence-electron chi connectivity index (χ2n) is 4.28. The fourth-order valence-electron chi connectivity index (χ4n) is 1.97. The lowest BCUT2D eigenvalue weighted by molar-refractivity contribution is -0.137. The van der Waals surface area contributed by atoms with Gasteiger partial charge in [-0.25, -0.2) is 4.98 Å². The maximum Gasteiger partial charge on any atom is 0.416 e.